The van der Waals surface area contributed by atoms with Gasteiger partial charge < -0.3 is 30.2 Å². The fraction of sp³-hybridized carbons (Fsp3) is 0.588. The molecule has 6 atom stereocenters. The molecule has 2 aliphatic carbocycles. The predicted octanol–water partition coefficient (Wildman–Crippen LogP) is 2.19. The summed E-state index contributed by atoms with van der Waals surface area (Å²) in [4.78, 5) is 47.9. The number of nitrogens with zero attached hydrogens (tertiary/aromatic N) is 2. The highest BCUT2D eigenvalue weighted by atomic mass is 32.2. The zero-order valence-corrected chi connectivity index (χ0v) is 28.5. The van der Waals surface area contributed by atoms with Crippen LogP contribution in [0.5, 0.6) is 11.6 Å². The largest absolute Gasteiger partial charge is 0.494 e. The second-order valence-electron chi connectivity index (χ2n) is 13.8. The molecule has 13 nitrogen and oxygen atoms in total. The molecule has 260 valence electrons. The Morgan fingerprint density at radius 1 is 1.17 bits per heavy atom. The zero-order chi connectivity index (χ0) is 34.3. The second-order valence-corrected chi connectivity index (χ2v) is 16.0. The fourth-order valence-corrected chi connectivity index (χ4v) is 8.21. The number of ether oxygens (including phenoxy) is 3. The van der Waals surface area contributed by atoms with Crippen LogP contribution in [0.3, 0.4) is 0 Å². The molecule has 0 radical (unpaired) electrons. The quantitative estimate of drug-likeness (QED) is 0.349. The van der Waals surface area contributed by atoms with E-state index < -0.39 is 62.1 Å². The minimum Gasteiger partial charge on any atom is -0.494 e. The van der Waals surface area contributed by atoms with Gasteiger partial charge in [-0.15, -0.1) is 0 Å². The van der Waals surface area contributed by atoms with Crippen LogP contribution in [0.4, 0.5) is 0 Å². The molecule has 1 aromatic heterocycles. The van der Waals surface area contributed by atoms with Crippen molar-refractivity contribution in [2.75, 3.05) is 27.4 Å². The van der Waals surface area contributed by atoms with E-state index in [1.54, 1.807) is 27.3 Å². The Bertz CT molecular complexity index is 1710. The summed E-state index contributed by atoms with van der Waals surface area (Å²) in [5.41, 5.74) is 5.14. The van der Waals surface area contributed by atoms with Crippen LogP contribution < -0.4 is 25.2 Å². The Labute approximate surface area is 281 Å². The number of nitrogens with one attached hydrogen (secondary N) is 2. The van der Waals surface area contributed by atoms with Crippen molar-refractivity contribution in [3.63, 3.8) is 0 Å². The lowest BCUT2D eigenvalue weighted by Crippen LogP contribution is -2.58. The third-order valence-electron chi connectivity index (χ3n) is 10.4. The summed E-state index contributed by atoms with van der Waals surface area (Å²) in [6.45, 7) is 1.94. The van der Waals surface area contributed by atoms with Gasteiger partial charge in [0.1, 0.15) is 23.4 Å². The number of rotatable bonds is 8. The number of methoxy groups -OCH3 is 2. The van der Waals surface area contributed by atoms with Crippen molar-refractivity contribution in [1.29, 1.82) is 0 Å². The Kier molecular flexibility index (Phi) is 9.44. The summed E-state index contributed by atoms with van der Waals surface area (Å²) >= 11 is 0. The summed E-state index contributed by atoms with van der Waals surface area (Å²) in [5, 5.41) is 4.40. The molecule has 1 aromatic carbocycles. The van der Waals surface area contributed by atoms with Gasteiger partial charge >= 0.3 is 0 Å². The Balaban J connectivity index is 1.31. The standard InChI is InChI=1S/C34H45N5O8S/c1-33(14-15-33)48(43,44)38-32(42)34-17-22(34)11-7-5-4-6-10-21(20-45-2)28(35)31(41)39-19-23(16-26(39)29(40)37-34)47-30-25-13-9-8-12-24(25)27(46-3)18-36-30/h7-9,11-13,18,21-23,26,28H,4-6,10,14-17,19-20,35H2,1-3H3,(H,37,40)(H,38,42)/b11-7-/t21-,22+,23+,26-,28-,34+/m0/s1. The molecule has 2 saturated carbocycles. The highest BCUT2D eigenvalue weighted by molar-refractivity contribution is 7.91. The molecule has 6 rings (SSSR count). The summed E-state index contributed by atoms with van der Waals surface area (Å²) in [6.07, 6.45) is 9.07. The molecule has 0 unspecified atom stereocenters. The Hall–Kier alpha value is -3.75. The van der Waals surface area contributed by atoms with E-state index in [1.807, 2.05) is 36.4 Å². The van der Waals surface area contributed by atoms with Gasteiger partial charge in [-0.2, -0.15) is 0 Å². The minimum atomic E-state index is -3.95. The molecule has 2 aromatic rings. The zero-order valence-electron chi connectivity index (χ0n) is 27.6. The first kappa shape index (κ1) is 34.1. The fourth-order valence-electron chi connectivity index (χ4n) is 6.90. The van der Waals surface area contributed by atoms with E-state index in [4.69, 9.17) is 19.9 Å². The van der Waals surface area contributed by atoms with Crippen LogP contribution in [0.15, 0.2) is 42.6 Å². The van der Waals surface area contributed by atoms with Crippen LogP contribution >= 0.6 is 0 Å². The van der Waals surface area contributed by atoms with Crippen LogP contribution in [0.25, 0.3) is 10.8 Å². The number of carbonyl (C=O) groups is 3. The molecule has 0 spiro atoms. The SMILES string of the molecule is COC[C@@H]1CCCC/C=C\[C@@H]2C[C@@]2(C(=O)NS(=O)(=O)C2(C)CC2)NC(=O)[C@@H]2C[C@@H](Oc3ncc(OC)c4ccccc34)CN2C(=O)[C@H]1N. The van der Waals surface area contributed by atoms with Crippen LogP contribution in [0.2, 0.25) is 0 Å². The van der Waals surface area contributed by atoms with Crippen molar-refractivity contribution in [3.05, 3.63) is 42.6 Å². The first-order chi connectivity index (χ1) is 22.9. The molecule has 3 heterocycles. The lowest BCUT2D eigenvalue weighted by atomic mass is 9.93. The highest BCUT2D eigenvalue weighted by Crippen LogP contribution is 2.47. The number of carbonyl (C=O) groups excluding carboxylic acids is 3. The molecule has 4 aliphatic rings. The average molecular weight is 684 g/mol. The number of aromatic nitrogens is 1. The maximum Gasteiger partial charge on any atom is 0.259 e. The Morgan fingerprint density at radius 2 is 1.92 bits per heavy atom. The summed E-state index contributed by atoms with van der Waals surface area (Å²) in [7, 11) is -0.817. The van der Waals surface area contributed by atoms with Crippen molar-refractivity contribution >= 4 is 38.5 Å². The minimum absolute atomic E-state index is 0.0572. The predicted molar refractivity (Wildman–Crippen MR) is 177 cm³/mol. The second kappa shape index (κ2) is 13.3. The van der Waals surface area contributed by atoms with Gasteiger partial charge in [0.15, 0.2) is 0 Å². The van der Waals surface area contributed by atoms with Crippen LogP contribution in [0, 0.1) is 11.8 Å². The summed E-state index contributed by atoms with van der Waals surface area (Å²) < 4.78 is 44.6. The molecule has 14 heteroatoms. The topological polar surface area (TPSA) is 179 Å². The molecule has 3 fully saturated rings. The molecule has 4 N–H and O–H groups in total. The molecule has 1 saturated heterocycles. The smallest absolute Gasteiger partial charge is 0.259 e. The van der Waals surface area contributed by atoms with Gasteiger partial charge in [0, 0.05) is 36.1 Å². The van der Waals surface area contributed by atoms with Gasteiger partial charge in [-0.3, -0.25) is 19.1 Å². The number of allylic oxidation sites excluding steroid dienone is 1. The average Bonchev–Trinajstić information content (AvgIpc) is 3.95. The molecule has 3 amide bonds. The van der Waals surface area contributed by atoms with Gasteiger partial charge in [-0.1, -0.05) is 36.8 Å². The maximum absolute atomic E-state index is 14.2. The van der Waals surface area contributed by atoms with Crippen LogP contribution in [0.1, 0.15) is 58.3 Å². The Morgan fingerprint density at radius 3 is 2.62 bits per heavy atom. The normalized spacial score (nSPS) is 31.0. The van der Waals surface area contributed by atoms with Crippen molar-refractivity contribution in [2.24, 2.45) is 17.6 Å². The number of benzene rings is 1. The summed E-state index contributed by atoms with van der Waals surface area (Å²) in [5.74, 6) is -1.52. The third kappa shape index (κ3) is 6.49. The van der Waals surface area contributed by atoms with Crippen molar-refractivity contribution in [3.8, 4) is 11.6 Å². The number of nitrogens with two attached hydrogens (primary N) is 1. The number of pyridine rings is 1. The van der Waals surface area contributed by atoms with Gasteiger partial charge in [-0.25, -0.2) is 13.4 Å². The van der Waals surface area contributed by atoms with Crippen LogP contribution in [-0.2, 0) is 29.1 Å². The molecule has 0 bridgehead atoms. The van der Waals surface area contributed by atoms with Gasteiger partial charge in [0.2, 0.25) is 27.7 Å². The lowest BCUT2D eigenvalue weighted by molar-refractivity contribution is -0.141. The lowest BCUT2D eigenvalue weighted by Gasteiger charge is -2.31. The van der Waals surface area contributed by atoms with Crippen molar-refractivity contribution in [1.82, 2.24) is 19.9 Å². The van der Waals surface area contributed by atoms with Gasteiger partial charge in [0.05, 0.1) is 37.2 Å². The van der Waals surface area contributed by atoms with E-state index >= 15 is 0 Å². The number of amides is 3. The van der Waals surface area contributed by atoms with Crippen LogP contribution in [-0.4, -0.2) is 91.9 Å². The number of hydrogen-bond donors (Lipinski definition) is 3. The third-order valence-corrected chi connectivity index (χ3v) is 12.6. The monoisotopic (exact) mass is 683 g/mol. The first-order valence-corrected chi connectivity index (χ1v) is 18.1. The molecular formula is C34H45N5O8S. The maximum atomic E-state index is 14.2. The number of hydrogen-bond acceptors (Lipinski definition) is 10. The molecular weight excluding hydrogens is 638 g/mol. The number of fused-ring (bicyclic) bond motifs is 3. The number of sulfonamides is 1. The van der Waals surface area contributed by atoms with E-state index in [0.29, 0.717) is 36.3 Å². The molecule has 2 aliphatic heterocycles. The first-order valence-electron chi connectivity index (χ1n) is 16.6. The molecule has 48 heavy (non-hydrogen) atoms. The van der Waals surface area contributed by atoms with E-state index in [1.165, 1.54) is 4.90 Å². The van der Waals surface area contributed by atoms with Crippen molar-refractivity contribution < 1.29 is 37.0 Å². The van der Waals surface area contributed by atoms with Gasteiger partial charge in [0.25, 0.3) is 5.91 Å². The van der Waals surface area contributed by atoms with E-state index in [2.05, 4.69) is 15.0 Å². The van der Waals surface area contributed by atoms with Crippen molar-refractivity contribution in [2.45, 2.75) is 86.8 Å². The van der Waals surface area contributed by atoms with E-state index in [0.717, 1.165) is 24.6 Å². The van der Waals surface area contributed by atoms with E-state index in [9.17, 15) is 22.8 Å². The highest BCUT2D eigenvalue weighted by Gasteiger charge is 2.63. The van der Waals surface area contributed by atoms with Gasteiger partial charge in [-0.05, 0) is 51.5 Å². The summed E-state index contributed by atoms with van der Waals surface area (Å²) in [6, 6.07) is 5.52. The van der Waals surface area contributed by atoms with E-state index in [-0.39, 0.29) is 31.9 Å².